The number of ether oxygens (including phenoxy) is 2. The molecule has 0 spiro atoms. The Morgan fingerprint density at radius 1 is 1.40 bits per heavy atom. The lowest BCUT2D eigenvalue weighted by Crippen LogP contribution is -1.99. The number of hydrogen-bond donors (Lipinski definition) is 1. The topological polar surface area (TPSA) is 68.7 Å². The standard InChI is InChI=1S/C12H9BrClNO4S/c1-18-6-4-3-5(7(14)9(6)19-2)10-8(11(16)17)15-12(13)20-10/h3-4H,1-2H3,(H,16,17). The third-order valence-electron chi connectivity index (χ3n) is 2.53. The van der Waals surface area contributed by atoms with Gasteiger partial charge < -0.3 is 14.6 Å². The van der Waals surface area contributed by atoms with Crippen LogP contribution < -0.4 is 9.47 Å². The van der Waals surface area contributed by atoms with Crippen LogP contribution in [0, 0.1) is 0 Å². The van der Waals surface area contributed by atoms with Crippen LogP contribution in [-0.2, 0) is 0 Å². The van der Waals surface area contributed by atoms with E-state index in [0.717, 1.165) is 0 Å². The van der Waals surface area contributed by atoms with Crippen molar-refractivity contribution in [3.05, 3.63) is 26.8 Å². The summed E-state index contributed by atoms with van der Waals surface area (Å²) < 4.78 is 10.8. The molecule has 2 rings (SSSR count). The van der Waals surface area contributed by atoms with E-state index in [0.29, 0.717) is 25.9 Å². The fourth-order valence-corrected chi connectivity index (χ4v) is 3.55. The number of aromatic carboxylic acids is 1. The number of carboxylic acids is 1. The van der Waals surface area contributed by atoms with Crippen LogP contribution in [-0.4, -0.2) is 30.3 Å². The van der Waals surface area contributed by atoms with Gasteiger partial charge in [-0.3, -0.25) is 0 Å². The van der Waals surface area contributed by atoms with Crippen molar-refractivity contribution in [1.29, 1.82) is 0 Å². The first-order valence-corrected chi connectivity index (χ1v) is 7.28. The molecule has 20 heavy (non-hydrogen) atoms. The summed E-state index contributed by atoms with van der Waals surface area (Å²) in [5.41, 5.74) is 0.473. The first-order chi connectivity index (χ1) is 9.49. The predicted molar refractivity (Wildman–Crippen MR) is 80.3 cm³/mol. The van der Waals surface area contributed by atoms with Crippen LogP contribution in [0.1, 0.15) is 10.5 Å². The van der Waals surface area contributed by atoms with E-state index >= 15 is 0 Å². The highest BCUT2D eigenvalue weighted by Crippen LogP contribution is 2.44. The van der Waals surface area contributed by atoms with Gasteiger partial charge >= 0.3 is 5.97 Å². The number of benzene rings is 1. The van der Waals surface area contributed by atoms with Gasteiger partial charge in [-0.05, 0) is 28.1 Å². The van der Waals surface area contributed by atoms with E-state index in [4.69, 9.17) is 21.1 Å². The molecule has 0 aliphatic carbocycles. The summed E-state index contributed by atoms with van der Waals surface area (Å²) in [6.07, 6.45) is 0. The fraction of sp³-hybridized carbons (Fsp3) is 0.167. The molecule has 0 saturated carbocycles. The molecule has 8 heteroatoms. The van der Waals surface area contributed by atoms with Crippen LogP contribution in [0.4, 0.5) is 0 Å². The number of rotatable bonds is 4. The summed E-state index contributed by atoms with van der Waals surface area (Å²) in [4.78, 5) is 15.6. The van der Waals surface area contributed by atoms with Crippen LogP contribution in [0.15, 0.2) is 16.0 Å². The second kappa shape index (κ2) is 5.99. The summed E-state index contributed by atoms with van der Waals surface area (Å²) in [6, 6.07) is 3.34. The highest BCUT2D eigenvalue weighted by Gasteiger charge is 2.22. The first kappa shape index (κ1) is 15.1. The molecular weight excluding hydrogens is 370 g/mol. The fourth-order valence-electron chi connectivity index (χ4n) is 1.69. The molecule has 0 bridgehead atoms. The van der Waals surface area contributed by atoms with E-state index in [2.05, 4.69) is 20.9 Å². The zero-order chi connectivity index (χ0) is 14.9. The third-order valence-corrected chi connectivity index (χ3v) is 4.45. The lowest BCUT2D eigenvalue weighted by Gasteiger charge is -2.12. The molecule has 2 aromatic rings. The zero-order valence-electron chi connectivity index (χ0n) is 10.4. The van der Waals surface area contributed by atoms with Crippen molar-refractivity contribution in [3.8, 4) is 21.9 Å². The van der Waals surface area contributed by atoms with Gasteiger partial charge in [-0.15, -0.1) is 11.3 Å². The Hall–Kier alpha value is -1.31. The quantitative estimate of drug-likeness (QED) is 0.872. The summed E-state index contributed by atoms with van der Waals surface area (Å²) in [6.45, 7) is 0. The van der Waals surface area contributed by atoms with E-state index in [1.807, 2.05) is 0 Å². The Balaban J connectivity index is 2.68. The van der Waals surface area contributed by atoms with Crippen LogP contribution >= 0.6 is 38.9 Å². The minimum Gasteiger partial charge on any atom is -0.493 e. The Labute approximate surface area is 132 Å². The van der Waals surface area contributed by atoms with Crippen molar-refractivity contribution in [3.63, 3.8) is 0 Å². The van der Waals surface area contributed by atoms with Gasteiger partial charge in [-0.25, -0.2) is 9.78 Å². The maximum Gasteiger partial charge on any atom is 0.356 e. The molecule has 0 aliphatic heterocycles. The Morgan fingerprint density at radius 3 is 2.65 bits per heavy atom. The maximum absolute atomic E-state index is 11.2. The minimum atomic E-state index is -1.12. The van der Waals surface area contributed by atoms with Crippen LogP contribution in [0.2, 0.25) is 5.02 Å². The number of aromatic nitrogens is 1. The number of nitrogens with zero attached hydrogens (tertiary/aromatic N) is 1. The van der Waals surface area contributed by atoms with Crippen molar-refractivity contribution in [2.24, 2.45) is 0 Å². The van der Waals surface area contributed by atoms with Gasteiger partial charge in [-0.2, -0.15) is 0 Å². The Kier molecular flexibility index (Phi) is 4.52. The smallest absolute Gasteiger partial charge is 0.356 e. The highest BCUT2D eigenvalue weighted by molar-refractivity contribution is 9.11. The summed E-state index contributed by atoms with van der Waals surface area (Å²) >= 11 is 10.6. The first-order valence-electron chi connectivity index (χ1n) is 5.30. The molecule has 1 heterocycles. The largest absolute Gasteiger partial charge is 0.493 e. The van der Waals surface area contributed by atoms with E-state index < -0.39 is 5.97 Å². The molecule has 0 fully saturated rings. The van der Waals surface area contributed by atoms with E-state index in [-0.39, 0.29) is 10.7 Å². The number of thiazole rings is 1. The molecule has 0 unspecified atom stereocenters. The number of carbonyl (C=O) groups is 1. The molecule has 0 saturated heterocycles. The predicted octanol–water partition coefficient (Wildman–Crippen LogP) is 3.94. The van der Waals surface area contributed by atoms with Crippen molar-refractivity contribution < 1.29 is 19.4 Å². The van der Waals surface area contributed by atoms with Gasteiger partial charge in [0, 0.05) is 5.56 Å². The lowest BCUT2D eigenvalue weighted by molar-refractivity contribution is 0.0692. The molecule has 106 valence electrons. The monoisotopic (exact) mass is 377 g/mol. The minimum absolute atomic E-state index is 0.0593. The molecule has 0 aliphatic rings. The highest BCUT2D eigenvalue weighted by atomic mass is 79.9. The second-order valence-corrected chi connectivity index (χ2v) is 6.27. The van der Waals surface area contributed by atoms with E-state index in [1.165, 1.54) is 25.6 Å². The van der Waals surface area contributed by atoms with Crippen LogP contribution in [0.5, 0.6) is 11.5 Å². The second-order valence-electron chi connectivity index (χ2n) is 3.61. The van der Waals surface area contributed by atoms with Crippen molar-refractivity contribution >= 4 is 44.8 Å². The van der Waals surface area contributed by atoms with Gasteiger partial charge in [0.05, 0.1) is 24.1 Å². The number of hydrogen-bond acceptors (Lipinski definition) is 5. The molecule has 1 N–H and O–H groups in total. The molecule has 0 radical (unpaired) electrons. The lowest BCUT2D eigenvalue weighted by atomic mass is 10.1. The average molecular weight is 379 g/mol. The Morgan fingerprint density at radius 2 is 2.10 bits per heavy atom. The van der Waals surface area contributed by atoms with Crippen molar-refractivity contribution in [2.45, 2.75) is 0 Å². The number of methoxy groups -OCH3 is 2. The molecule has 1 aromatic heterocycles. The zero-order valence-corrected chi connectivity index (χ0v) is 13.6. The van der Waals surface area contributed by atoms with Gasteiger partial charge in [-0.1, -0.05) is 11.6 Å². The van der Waals surface area contributed by atoms with Crippen LogP contribution in [0.3, 0.4) is 0 Å². The molecule has 0 amide bonds. The molecule has 0 atom stereocenters. The summed E-state index contributed by atoms with van der Waals surface area (Å²) in [5.74, 6) is -0.290. The van der Waals surface area contributed by atoms with Gasteiger partial charge in [0.25, 0.3) is 0 Å². The molecule has 1 aromatic carbocycles. The summed E-state index contributed by atoms with van der Waals surface area (Å²) in [7, 11) is 2.97. The number of carboxylic acid groups (broad SMARTS) is 1. The Bertz CT molecular complexity index is 674. The van der Waals surface area contributed by atoms with Crippen LogP contribution in [0.25, 0.3) is 10.4 Å². The van der Waals surface area contributed by atoms with Crippen molar-refractivity contribution in [1.82, 2.24) is 4.98 Å². The van der Waals surface area contributed by atoms with Gasteiger partial charge in [0.2, 0.25) is 0 Å². The average Bonchev–Trinajstić information content (AvgIpc) is 2.80. The number of halogens is 2. The van der Waals surface area contributed by atoms with Gasteiger partial charge in [0.1, 0.15) is 0 Å². The van der Waals surface area contributed by atoms with E-state index in [9.17, 15) is 9.90 Å². The molecule has 5 nitrogen and oxygen atoms in total. The maximum atomic E-state index is 11.2. The summed E-state index contributed by atoms with van der Waals surface area (Å²) in [5, 5.41) is 9.47. The van der Waals surface area contributed by atoms with Gasteiger partial charge in [0.15, 0.2) is 21.1 Å². The SMILES string of the molecule is COc1ccc(-c2sc(Br)nc2C(=O)O)c(Cl)c1OC. The van der Waals surface area contributed by atoms with E-state index in [1.54, 1.807) is 12.1 Å². The third kappa shape index (κ3) is 2.61. The molecular formula is C12H9BrClNO4S. The normalized spacial score (nSPS) is 10.4. The van der Waals surface area contributed by atoms with Crippen molar-refractivity contribution in [2.75, 3.05) is 14.2 Å².